The Hall–Kier alpha value is 0.230. The molecule has 66 valence electrons. The summed E-state index contributed by atoms with van der Waals surface area (Å²) < 4.78 is 0. The molecular weight excluding hydrogens is 162 g/mol. The summed E-state index contributed by atoms with van der Waals surface area (Å²) in [6.07, 6.45) is 0.997. The molecule has 0 aromatic carbocycles. The van der Waals surface area contributed by atoms with Crippen LogP contribution in [0.3, 0.4) is 0 Å². The molecule has 1 rings (SSSR count). The lowest BCUT2D eigenvalue weighted by Gasteiger charge is -2.12. The molecule has 2 N–H and O–H groups in total. The second-order valence-electron chi connectivity index (χ2n) is 2.89. The number of aliphatic hydroxyl groups is 2. The molecule has 0 radical (unpaired) electrons. The molecule has 1 heterocycles. The van der Waals surface area contributed by atoms with E-state index in [0.717, 1.165) is 12.3 Å². The maximum absolute atomic E-state index is 9.17. The van der Waals surface area contributed by atoms with E-state index in [0.29, 0.717) is 13.1 Å². The van der Waals surface area contributed by atoms with Crippen LogP contribution in [0.5, 0.6) is 0 Å². The van der Waals surface area contributed by atoms with E-state index in [1.807, 2.05) is 0 Å². The summed E-state index contributed by atoms with van der Waals surface area (Å²) in [6.45, 7) is 2.22. The third-order valence-corrected chi connectivity index (χ3v) is 2.54. The molecule has 0 spiro atoms. The van der Waals surface area contributed by atoms with Crippen LogP contribution in [0.15, 0.2) is 0 Å². The van der Waals surface area contributed by atoms with Crippen molar-refractivity contribution in [1.82, 2.24) is 4.90 Å². The second kappa shape index (κ2) is 4.30. The minimum Gasteiger partial charge on any atom is -0.389 e. The van der Waals surface area contributed by atoms with Crippen molar-refractivity contribution in [1.29, 1.82) is 0 Å². The number of β-amino-alcohol motifs (C(OH)–C–C–N with tert-alkyl or cyclic N) is 2. The highest BCUT2D eigenvalue weighted by molar-refractivity contribution is 7.98. The van der Waals surface area contributed by atoms with Gasteiger partial charge in [-0.15, -0.1) is 0 Å². The van der Waals surface area contributed by atoms with E-state index in [4.69, 9.17) is 10.2 Å². The van der Waals surface area contributed by atoms with Gasteiger partial charge in [0.1, 0.15) is 0 Å². The first kappa shape index (κ1) is 9.32. The fourth-order valence-electron chi connectivity index (χ4n) is 1.25. The van der Waals surface area contributed by atoms with Gasteiger partial charge in [-0.2, -0.15) is 11.8 Å². The van der Waals surface area contributed by atoms with Crippen LogP contribution in [0, 0.1) is 0 Å². The van der Waals surface area contributed by atoms with E-state index >= 15 is 0 Å². The van der Waals surface area contributed by atoms with E-state index in [1.165, 1.54) is 0 Å². The molecule has 0 bridgehead atoms. The first-order valence-electron chi connectivity index (χ1n) is 3.81. The van der Waals surface area contributed by atoms with Crippen molar-refractivity contribution < 1.29 is 10.2 Å². The van der Waals surface area contributed by atoms with E-state index in [9.17, 15) is 0 Å². The number of hydrogen-bond acceptors (Lipinski definition) is 4. The number of aliphatic hydroxyl groups excluding tert-OH is 2. The van der Waals surface area contributed by atoms with Gasteiger partial charge >= 0.3 is 0 Å². The van der Waals surface area contributed by atoms with Crippen molar-refractivity contribution in [3.63, 3.8) is 0 Å². The zero-order valence-electron chi connectivity index (χ0n) is 6.73. The summed E-state index contributed by atoms with van der Waals surface area (Å²) in [4.78, 5) is 2.09. The first-order chi connectivity index (χ1) is 5.24. The fourth-order valence-corrected chi connectivity index (χ4v) is 1.69. The average Bonchev–Trinajstić information content (AvgIpc) is 2.28. The summed E-state index contributed by atoms with van der Waals surface area (Å²) in [5, 5.41) is 18.3. The molecule has 0 aromatic heterocycles. The first-order valence-corrected chi connectivity index (χ1v) is 5.21. The van der Waals surface area contributed by atoms with Crippen LogP contribution in [0.25, 0.3) is 0 Å². The molecule has 1 aliphatic rings. The monoisotopic (exact) mass is 177 g/mol. The summed E-state index contributed by atoms with van der Waals surface area (Å²) >= 11 is 1.79. The van der Waals surface area contributed by atoms with Gasteiger partial charge in [-0.25, -0.2) is 0 Å². The van der Waals surface area contributed by atoms with Gasteiger partial charge in [0, 0.05) is 25.4 Å². The molecule has 0 aliphatic carbocycles. The normalized spacial score (nSPS) is 33.0. The number of hydrogen-bond donors (Lipinski definition) is 2. The lowest BCUT2D eigenvalue weighted by Crippen LogP contribution is -2.24. The quantitative estimate of drug-likeness (QED) is 0.603. The third kappa shape index (κ3) is 2.63. The molecule has 1 fully saturated rings. The van der Waals surface area contributed by atoms with Gasteiger partial charge < -0.3 is 10.2 Å². The Morgan fingerprint density at radius 1 is 1.36 bits per heavy atom. The van der Waals surface area contributed by atoms with Crippen molar-refractivity contribution in [2.24, 2.45) is 0 Å². The van der Waals surface area contributed by atoms with Crippen molar-refractivity contribution >= 4 is 11.8 Å². The van der Waals surface area contributed by atoms with E-state index < -0.39 is 12.2 Å². The number of rotatable bonds is 3. The molecule has 0 aromatic rings. The number of thioether (sulfide) groups is 1. The predicted octanol–water partition coefficient (Wildman–Crippen LogP) is -0.613. The minimum atomic E-state index is -0.531. The van der Waals surface area contributed by atoms with Crippen molar-refractivity contribution in [2.75, 3.05) is 31.6 Å². The van der Waals surface area contributed by atoms with Gasteiger partial charge in [-0.05, 0) is 6.26 Å². The second-order valence-corrected chi connectivity index (χ2v) is 3.87. The van der Waals surface area contributed by atoms with Gasteiger partial charge in [0.25, 0.3) is 0 Å². The van der Waals surface area contributed by atoms with Crippen LogP contribution < -0.4 is 0 Å². The van der Waals surface area contributed by atoms with Gasteiger partial charge in [-0.1, -0.05) is 0 Å². The lowest BCUT2D eigenvalue weighted by molar-refractivity contribution is 0.0572. The molecule has 0 saturated carbocycles. The molecule has 3 nitrogen and oxygen atoms in total. The minimum absolute atomic E-state index is 0.531. The molecular formula is C7H15NO2S. The van der Waals surface area contributed by atoms with Crippen LogP contribution in [-0.4, -0.2) is 59.0 Å². The predicted molar refractivity (Wildman–Crippen MR) is 46.8 cm³/mol. The van der Waals surface area contributed by atoms with Crippen LogP contribution in [0.1, 0.15) is 0 Å². The van der Waals surface area contributed by atoms with E-state index in [-0.39, 0.29) is 0 Å². The highest BCUT2D eigenvalue weighted by Crippen LogP contribution is 2.09. The number of nitrogens with zero attached hydrogens (tertiary/aromatic N) is 1. The SMILES string of the molecule is CSCCN1C[C@@H](O)[C@@H](O)C1. The summed E-state index contributed by atoms with van der Waals surface area (Å²) in [6, 6.07) is 0. The van der Waals surface area contributed by atoms with Crippen LogP contribution in [0.2, 0.25) is 0 Å². The highest BCUT2D eigenvalue weighted by atomic mass is 32.2. The van der Waals surface area contributed by atoms with Crippen molar-refractivity contribution in [3.8, 4) is 0 Å². The van der Waals surface area contributed by atoms with Gasteiger partial charge in [0.15, 0.2) is 0 Å². The molecule has 1 saturated heterocycles. The van der Waals surface area contributed by atoms with Crippen LogP contribution in [-0.2, 0) is 0 Å². The van der Waals surface area contributed by atoms with E-state index in [2.05, 4.69) is 11.2 Å². The molecule has 0 amide bonds. The Balaban J connectivity index is 2.18. The smallest absolute Gasteiger partial charge is 0.0938 e. The Morgan fingerprint density at radius 2 is 1.91 bits per heavy atom. The standard InChI is InChI=1S/C7H15NO2S/c1-11-3-2-8-4-6(9)7(10)5-8/h6-7,9-10H,2-5H2,1H3/t6-,7+. The highest BCUT2D eigenvalue weighted by Gasteiger charge is 2.28. The van der Waals surface area contributed by atoms with Gasteiger partial charge in [0.2, 0.25) is 0 Å². The summed E-state index contributed by atoms with van der Waals surface area (Å²) in [7, 11) is 0. The van der Waals surface area contributed by atoms with Crippen molar-refractivity contribution in [2.45, 2.75) is 12.2 Å². The van der Waals surface area contributed by atoms with Crippen LogP contribution >= 0.6 is 11.8 Å². The zero-order chi connectivity index (χ0) is 8.27. The Kier molecular flexibility index (Phi) is 3.65. The molecule has 2 atom stereocenters. The van der Waals surface area contributed by atoms with Crippen molar-refractivity contribution in [3.05, 3.63) is 0 Å². The Morgan fingerprint density at radius 3 is 2.36 bits per heavy atom. The lowest BCUT2D eigenvalue weighted by atomic mass is 10.3. The summed E-state index contributed by atoms with van der Waals surface area (Å²) in [5.74, 6) is 1.07. The average molecular weight is 177 g/mol. The summed E-state index contributed by atoms with van der Waals surface area (Å²) in [5.41, 5.74) is 0. The Labute approximate surface area is 71.4 Å². The molecule has 4 heteroatoms. The van der Waals surface area contributed by atoms with Crippen LogP contribution in [0.4, 0.5) is 0 Å². The largest absolute Gasteiger partial charge is 0.389 e. The number of likely N-dealkylation sites (tertiary alicyclic amines) is 1. The molecule has 1 aliphatic heterocycles. The van der Waals surface area contributed by atoms with Gasteiger partial charge in [0.05, 0.1) is 12.2 Å². The Bertz CT molecular complexity index is 113. The zero-order valence-corrected chi connectivity index (χ0v) is 7.55. The molecule has 11 heavy (non-hydrogen) atoms. The van der Waals surface area contributed by atoms with E-state index in [1.54, 1.807) is 11.8 Å². The van der Waals surface area contributed by atoms with Gasteiger partial charge in [-0.3, -0.25) is 4.90 Å². The maximum Gasteiger partial charge on any atom is 0.0938 e. The fraction of sp³-hybridized carbons (Fsp3) is 1.00. The molecule has 0 unspecified atom stereocenters. The maximum atomic E-state index is 9.17. The topological polar surface area (TPSA) is 43.7 Å². The third-order valence-electron chi connectivity index (χ3n) is 1.95.